The molecule has 4 nitrogen and oxygen atoms in total. The summed E-state index contributed by atoms with van der Waals surface area (Å²) in [4.78, 5) is 15.3. The second kappa shape index (κ2) is 3.53. The standard InChI is InChI=1S/C10H15N3O/c1-7-4-5-13(10(14)12-7)6-9(11)8-2-3-8/h4-5,8-9H,2-3,6,11H2,1H3. The summed E-state index contributed by atoms with van der Waals surface area (Å²) in [7, 11) is 0. The van der Waals surface area contributed by atoms with Crippen molar-refractivity contribution in [2.75, 3.05) is 0 Å². The Morgan fingerprint density at radius 3 is 3.00 bits per heavy atom. The van der Waals surface area contributed by atoms with Crippen LogP contribution in [0, 0.1) is 12.8 Å². The lowest BCUT2D eigenvalue weighted by Gasteiger charge is -2.11. The van der Waals surface area contributed by atoms with Gasteiger partial charge in [-0.1, -0.05) is 0 Å². The van der Waals surface area contributed by atoms with E-state index >= 15 is 0 Å². The van der Waals surface area contributed by atoms with E-state index in [2.05, 4.69) is 4.98 Å². The molecule has 1 atom stereocenters. The zero-order valence-corrected chi connectivity index (χ0v) is 8.31. The van der Waals surface area contributed by atoms with Crippen LogP contribution in [-0.2, 0) is 6.54 Å². The van der Waals surface area contributed by atoms with Gasteiger partial charge in [-0.25, -0.2) is 4.79 Å². The number of rotatable bonds is 3. The Morgan fingerprint density at radius 2 is 2.43 bits per heavy atom. The molecule has 0 aromatic carbocycles. The van der Waals surface area contributed by atoms with E-state index in [0.29, 0.717) is 12.5 Å². The van der Waals surface area contributed by atoms with Crippen LogP contribution in [0.25, 0.3) is 0 Å². The van der Waals surface area contributed by atoms with Gasteiger partial charge in [-0.3, -0.25) is 4.57 Å². The maximum Gasteiger partial charge on any atom is 0.347 e. The highest BCUT2D eigenvalue weighted by Gasteiger charge is 2.28. The second-order valence-electron chi connectivity index (χ2n) is 4.01. The van der Waals surface area contributed by atoms with E-state index in [0.717, 1.165) is 5.69 Å². The third-order valence-corrected chi connectivity index (χ3v) is 2.65. The summed E-state index contributed by atoms with van der Waals surface area (Å²) in [6.45, 7) is 2.41. The third-order valence-electron chi connectivity index (χ3n) is 2.65. The summed E-state index contributed by atoms with van der Waals surface area (Å²) in [5.41, 5.74) is 6.49. The highest BCUT2D eigenvalue weighted by atomic mass is 16.1. The number of nitrogens with two attached hydrogens (primary N) is 1. The molecule has 1 aromatic rings. The summed E-state index contributed by atoms with van der Waals surface area (Å²) >= 11 is 0. The minimum absolute atomic E-state index is 0.109. The molecule has 1 unspecified atom stereocenters. The summed E-state index contributed by atoms with van der Waals surface area (Å²) in [6.07, 6.45) is 4.18. The maximum absolute atomic E-state index is 11.4. The topological polar surface area (TPSA) is 60.9 Å². The molecule has 0 radical (unpaired) electrons. The van der Waals surface area contributed by atoms with Crippen molar-refractivity contribution in [1.82, 2.24) is 9.55 Å². The maximum atomic E-state index is 11.4. The first-order valence-electron chi connectivity index (χ1n) is 4.96. The summed E-state index contributed by atoms with van der Waals surface area (Å²) in [6, 6.07) is 1.94. The highest BCUT2D eigenvalue weighted by Crippen LogP contribution is 2.31. The van der Waals surface area contributed by atoms with Gasteiger partial charge in [-0.15, -0.1) is 0 Å². The van der Waals surface area contributed by atoms with Gasteiger partial charge < -0.3 is 5.73 Å². The minimum atomic E-state index is -0.193. The smallest absolute Gasteiger partial charge is 0.326 e. The van der Waals surface area contributed by atoms with E-state index in [1.54, 1.807) is 10.8 Å². The summed E-state index contributed by atoms with van der Waals surface area (Å²) < 4.78 is 1.59. The van der Waals surface area contributed by atoms with Crippen LogP contribution in [0.15, 0.2) is 17.1 Å². The normalized spacial score (nSPS) is 18.1. The molecular formula is C10H15N3O. The van der Waals surface area contributed by atoms with Gasteiger partial charge in [0.2, 0.25) is 0 Å². The molecule has 76 valence electrons. The lowest BCUT2D eigenvalue weighted by Crippen LogP contribution is -2.34. The first-order chi connectivity index (χ1) is 6.66. The molecule has 4 heteroatoms. The molecule has 1 aliphatic rings. The van der Waals surface area contributed by atoms with E-state index in [1.165, 1.54) is 12.8 Å². The molecule has 2 N–H and O–H groups in total. The van der Waals surface area contributed by atoms with Gasteiger partial charge in [-0.2, -0.15) is 4.98 Å². The summed E-state index contributed by atoms with van der Waals surface area (Å²) in [5, 5.41) is 0. The van der Waals surface area contributed by atoms with E-state index in [-0.39, 0.29) is 11.7 Å². The molecule has 1 fully saturated rings. The van der Waals surface area contributed by atoms with E-state index < -0.39 is 0 Å². The molecule has 0 aliphatic heterocycles. The molecular weight excluding hydrogens is 178 g/mol. The Bertz CT molecular complexity index is 381. The van der Waals surface area contributed by atoms with Crippen LogP contribution in [0.1, 0.15) is 18.5 Å². The third kappa shape index (κ3) is 2.01. The lowest BCUT2D eigenvalue weighted by molar-refractivity contribution is 0.486. The van der Waals surface area contributed by atoms with Crippen molar-refractivity contribution in [2.24, 2.45) is 11.7 Å². The first-order valence-corrected chi connectivity index (χ1v) is 4.96. The Morgan fingerprint density at radius 1 is 1.71 bits per heavy atom. The van der Waals surface area contributed by atoms with Crippen molar-refractivity contribution < 1.29 is 0 Å². The Balaban J connectivity index is 2.12. The SMILES string of the molecule is Cc1ccn(CC(N)C2CC2)c(=O)n1. The van der Waals surface area contributed by atoms with Crippen LogP contribution < -0.4 is 11.4 Å². The van der Waals surface area contributed by atoms with Gasteiger partial charge in [0, 0.05) is 24.5 Å². The minimum Gasteiger partial charge on any atom is -0.326 e. The van der Waals surface area contributed by atoms with E-state index in [4.69, 9.17) is 5.73 Å². The predicted octanol–water partition coefficient (Wildman–Crippen LogP) is 0.289. The number of hydrogen-bond donors (Lipinski definition) is 1. The van der Waals surface area contributed by atoms with Crippen LogP contribution >= 0.6 is 0 Å². The van der Waals surface area contributed by atoms with Gasteiger partial charge in [0.1, 0.15) is 0 Å². The van der Waals surface area contributed by atoms with Crippen molar-refractivity contribution in [3.8, 4) is 0 Å². The fourth-order valence-electron chi connectivity index (χ4n) is 1.55. The van der Waals surface area contributed by atoms with Crippen molar-refractivity contribution >= 4 is 0 Å². The van der Waals surface area contributed by atoms with Crippen LogP contribution in [0.2, 0.25) is 0 Å². The second-order valence-corrected chi connectivity index (χ2v) is 4.01. The Hall–Kier alpha value is -1.16. The van der Waals surface area contributed by atoms with Crippen LogP contribution in [0.5, 0.6) is 0 Å². The van der Waals surface area contributed by atoms with Gasteiger partial charge in [0.05, 0.1) is 0 Å². The fraction of sp³-hybridized carbons (Fsp3) is 0.600. The summed E-state index contributed by atoms with van der Waals surface area (Å²) in [5.74, 6) is 0.614. The number of nitrogens with zero attached hydrogens (tertiary/aromatic N) is 2. The number of aryl methyl sites for hydroxylation is 1. The average Bonchev–Trinajstić information content (AvgIpc) is 2.92. The zero-order chi connectivity index (χ0) is 10.1. The molecule has 1 heterocycles. The van der Waals surface area contributed by atoms with Gasteiger partial charge in [0.25, 0.3) is 0 Å². The van der Waals surface area contributed by atoms with E-state index in [1.807, 2.05) is 13.0 Å². The van der Waals surface area contributed by atoms with Crippen LogP contribution in [0.3, 0.4) is 0 Å². The van der Waals surface area contributed by atoms with Gasteiger partial charge >= 0.3 is 5.69 Å². The molecule has 0 bridgehead atoms. The average molecular weight is 193 g/mol. The number of aromatic nitrogens is 2. The van der Waals surface area contributed by atoms with Crippen molar-refractivity contribution in [3.05, 3.63) is 28.4 Å². The first kappa shape index (κ1) is 9.40. The van der Waals surface area contributed by atoms with Crippen molar-refractivity contribution in [2.45, 2.75) is 32.4 Å². The zero-order valence-electron chi connectivity index (χ0n) is 8.31. The fourth-order valence-corrected chi connectivity index (χ4v) is 1.55. The van der Waals surface area contributed by atoms with Crippen LogP contribution in [-0.4, -0.2) is 15.6 Å². The lowest BCUT2D eigenvalue weighted by atomic mass is 10.2. The molecule has 1 saturated carbocycles. The molecule has 1 aromatic heterocycles. The molecule has 0 saturated heterocycles. The van der Waals surface area contributed by atoms with Gasteiger partial charge in [0.15, 0.2) is 0 Å². The Labute approximate surface area is 82.8 Å². The largest absolute Gasteiger partial charge is 0.347 e. The molecule has 2 rings (SSSR count). The molecule has 14 heavy (non-hydrogen) atoms. The molecule has 1 aliphatic carbocycles. The van der Waals surface area contributed by atoms with E-state index in [9.17, 15) is 4.79 Å². The molecule has 0 amide bonds. The van der Waals surface area contributed by atoms with Crippen molar-refractivity contribution in [1.29, 1.82) is 0 Å². The van der Waals surface area contributed by atoms with Gasteiger partial charge in [-0.05, 0) is 31.7 Å². The quantitative estimate of drug-likeness (QED) is 0.750. The molecule has 0 spiro atoms. The number of hydrogen-bond acceptors (Lipinski definition) is 3. The predicted molar refractivity (Wildman–Crippen MR) is 53.9 cm³/mol. The van der Waals surface area contributed by atoms with Crippen molar-refractivity contribution in [3.63, 3.8) is 0 Å². The Kier molecular flexibility index (Phi) is 2.37. The monoisotopic (exact) mass is 193 g/mol. The van der Waals surface area contributed by atoms with Crippen LogP contribution in [0.4, 0.5) is 0 Å². The highest BCUT2D eigenvalue weighted by molar-refractivity contribution is 4.96.